The van der Waals surface area contributed by atoms with Crippen LogP contribution in [-0.2, 0) is 0 Å². The number of nitrogens with zero attached hydrogens (tertiary/aromatic N) is 2. The molecule has 1 aliphatic rings. The zero-order valence-corrected chi connectivity index (χ0v) is 19.7. The van der Waals surface area contributed by atoms with Gasteiger partial charge in [-0.1, -0.05) is 17.7 Å². The smallest absolute Gasteiger partial charge is 0.259 e. The molecule has 0 aliphatic carbocycles. The van der Waals surface area contributed by atoms with Crippen molar-refractivity contribution >= 4 is 23.2 Å². The van der Waals surface area contributed by atoms with Crippen molar-refractivity contribution in [2.75, 3.05) is 25.5 Å². The molecule has 168 valence electrons. The second kappa shape index (κ2) is 9.35. The summed E-state index contributed by atoms with van der Waals surface area (Å²) < 4.78 is 7.37. The summed E-state index contributed by atoms with van der Waals surface area (Å²) in [6, 6.07) is 9.84. The van der Waals surface area contributed by atoms with Crippen molar-refractivity contribution in [3.05, 3.63) is 69.5 Å². The van der Waals surface area contributed by atoms with E-state index in [1.165, 1.54) is 11.1 Å². The normalized spacial score (nSPS) is 14.4. The van der Waals surface area contributed by atoms with Crippen molar-refractivity contribution in [1.82, 2.24) is 15.1 Å². The van der Waals surface area contributed by atoms with Gasteiger partial charge in [0.15, 0.2) is 0 Å². The first kappa shape index (κ1) is 22.4. The third-order valence-electron chi connectivity index (χ3n) is 6.24. The molecule has 1 aromatic heterocycles. The lowest BCUT2D eigenvalue weighted by Crippen LogP contribution is -2.29. The predicted molar refractivity (Wildman–Crippen MR) is 129 cm³/mol. The van der Waals surface area contributed by atoms with Gasteiger partial charge >= 0.3 is 0 Å². The Hall–Kier alpha value is -2.83. The van der Waals surface area contributed by atoms with Gasteiger partial charge in [-0.2, -0.15) is 5.10 Å². The Morgan fingerprint density at radius 2 is 1.88 bits per heavy atom. The van der Waals surface area contributed by atoms with E-state index in [-0.39, 0.29) is 11.8 Å². The summed E-state index contributed by atoms with van der Waals surface area (Å²) in [5.41, 5.74) is 6.40. The summed E-state index contributed by atoms with van der Waals surface area (Å²) in [5, 5.41) is 11.7. The van der Waals surface area contributed by atoms with Crippen LogP contribution in [0.1, 0.15) is 51.5 Å². The summed E-state index contributed by atoms with van der Waals surface area (Å²) in [4.78, 5) is 13.4. The lowest BCUT2D eigenvalue weighted by atomic mass is 9.91. The van der Waals surface area contributed by atoms with Gasteiger partial charge in [-0.15, -0.1) is 0 Å². The fourth-order valence-corrected chi connectivity index (χ4v) is 4.36. The van der Waals surface area contributed by atoms with Gasteiger partial charge < -0.3 is 15.4 Å². The molecule has 1 amide bonds. The summed E-state index contributed by atoms with van der Waals surface area (Å²) in [7, 11) is 1.56. The number of methoxy groups -OCH3 is 1. The van der Waals surface area contributed by atoms with E-state index in [1.807, 2.05) is 17.7 Å². The van der Waals surface area contributed by atoms with Gasteiger partial charge in [0.25, 0.3) is 5.91 Å². The molecular weight excluding hydrogens is 424 g/mol. The van der Waals surface area contributed by atoms with Gasteiger partial charge in [-0.05, 0) is 81.6 Å². The average molecular weight is 453 g/mol. The topological polar surface area (TPSA) is 68.2 Å². The molecule has 1 aliphatic heterocycles. The van der Waals surface area contributed by atoms with Crippen LogP contribution in [0.4, 0.5) is 5.69 Å². The number of carbonyl (C=O) groups excluding carboxylic acids is 1. The minimum absolute atomic E-state index is 0.200. The highest BCUT2D eigenvalue weighted by Gasteiger charge is 2.27. The van der Waals surface area contributed by atoms with Crippen LogP contribution in [0.5, 0.6) is 5.75 Å². The summed E-state index contributed by atoms with van der Waals surface area (Å²) >= 11 is 6.23. The van der Waals surface area contributed by atoms with Gasteiger partial charge in [0.2, 0.25) is 0 Å². The van der Waals surface area contributed by atoms with Crippen molar-refractivity contribution in [3.8, 4) is 11.4 Å². The minimum Gasteiger partial charge on any atom is -0.495 e. The number of hydrogen-bond donors (Lipinski definition) is 2. The van der Waals surface area contributed by atoms with Crippen LogP contribution >= 0.6 is 11.6 Å². The maximum absolute atomic E-state index is 13.4. The number of piperidine rings is 1. The van der Waals surface area contributed by atoms with Crippen LogP contribution in [0.25, 0.3) is 5.69 Å². The van der Waals surface area contributed by atoms with Crippen LogP contribution in [-0.4, -0.2) is 35.9 Å². The van der Waals surface area contributed by atoms with Crippen molar-refractivity contribution < 1.29 is 9.53 Å². The first-order valence-electron chi connectivity index (χ1n) is 10.9. The van der Waals surface area contributed by atoms with E-state index in [0.29, 0.717) is 22.0 Å². The molecule has 4 rings (SSSR count). The highest BCUT2D eigenvalue weighted by atomic mass is 35.5. The Morgan fingerprint density at radius 3 is 2.56 bits per heavy atom. The molecule has 7 heteroatoms. The molecule has 1 fully saturated rings. The number of rotatable bonds is 5. The number of carbonyl (C=O) groups is 1. The molecular formula is C25H29ClN4O2. The van der Waals surface area contributed by atoms with E-state index in [0.717, 1.165) is 42.9 Å². The van der Waals surface area contributed by atoms with Crippen molar-refractivity contribution in [1.29, 1.82) is 0 Å². The third kappa shape index (κ3) is 4.38. The van der Waals surface area contributed by atoms with Gasteiger partial charge in [0.05, 0.1) is 35.9 Å². The standard InChI is InChI=1S/C25H29ClN4O2/c1-15-5-6-19(11-16(15)2)30-24(18-7-9-27-10-8-18)20(14-28-30)25(31)29-22-12-17(3)21(26)13-23(22)32-4/h5-6,11-14,18,27H,7-10H2,1-4H3,(H,29,31). The number of anilines is 1. The highest BCUT2D eigenvalue weighted by molar-refractivity contribution is 6.31. The zero-order chi connectivity index (χ0) is 22.8. The maximum atomic E-state index is 13.4. The monoisotopic (exact) mass is 452 g/mol. The largest absolute Gasteiger partial charge is 0.495 e. The number of hydrogen-bond acceptors (Lipinski definition) is 4. The first-order valence-corrected chi connectivity index (χ1v) is 11.3. The van der Waals surface area contributed by atoms with E-state index in [9.17, 15) is 4.79 Å². The number of amides is 1. The molecule has 0 saturated carbocycles. The zero-order valence-electron chi connectivity index (χ0n) is 19.0. The van der Waals surface area contributed by atoms with E-state index >= 15 is 0 Å². The minimum atomic E-state index is -0.200. The molecule has 0 spiro atoms. The molecule has 2 aromatic carbocycles. The van der Waals surface area contributed by atoms with E-state index < -0.39 is 0 Å². The molecule has 0 unspecified atom stereocenters. The van der Waals surface area contributed by atoms with Crippen LogP contribution in [0, 0.1) is 20.8 Å². The average Bonchev–Trinajstić information content (AvgIpc) is 3.24. The number of benzene rings is 2. The lowest BCUT2D eigenvalue weighted by molar-refractivity contribution is 0.102. The fourth-order valence-electron chi connectivity index (χ4n) is 4.20. The maximum Gasteiger partial charge on any atom is 0.259 e. The number of halogens is 1. The summed E-state index contributed by atoms with van der Waals surface area (Å²) in [5.74, 6) is 0.572. The van der Waals surface area contributed by atoms with E-state index in [1.54, 1.807) is 19.4 Å². The van der Waals surface area contributed by atoms with Crippen LogP contribution < -0.4 is 15.4 Å². The van der Waals surface area contributed by atoms with Crippen molar-refractivity contribution in [2.24, 2.45) is 0 Å². The summed E-state index contributed by atoms with van der Waals surface area (Å²) in [6.07, 6.45) is 3.59. The molecule has 2 heterocycles. The molecule has 3 aromatic rings. The molecule has 0 atom stereocenters. The number of aromatic nitrogens is 2. The van der Waals surface area contributed by atoms with Gasteiger partial charge in [0.1, 0.15) is 5.75 Å². The van der Waals surface area contributed by atoms with Crippen molar-refractivity contribution in [3.63, 3.8) is 0 Å². The van der Waals surface area contributed by atoms with Gasteiger partial charge in [-0.25, -0.2) is 4.68 Å². The SMILES string of the molecule is COc1cc(Cl)c(C)cc1NC(=O)c1cnn(-c2ccc(C)c(C)c2)c1C1CCNCC1. The Bertz CT molecular complexity index is 1150. The van der Waals surface area contributed by atoms with Crippen LogP contribution in [0.3, 0.4) is 0 Å². The number of nitrogens with one attached hydrogen (secondary N) is 2. The molecule has 2 N–H and O–H groups in total. The van der Waals surface area contributed by atoms with E-state index in [2.05, 4.69) is 47.8 Å². The quantitative estimate of drug-likeness (QED) is 0.559. The molecule has 6 nitrogen and oxygen atoms in total. The molecule has 0 radical (unpaired) electrons. The first-order chi connectivity index (χ1) is 15.4. The number of aryl methyl sites for hydroxylation is 3. The Labute approximate surface area is 193 Å². The fraction of sp³-hybridized carbons (Fsp3) is 0.360. The third-order valence-corrected chi connectivity index (χ3v) is 6.65. The van der Waals surface area contributed by atoms with Crippen LogP contribution in [0.15, 0.2) is 36.5 Å². The second-order valence-corrected chi connectivity index (χ2v) is 8.81. The van der Waals surface area contributed by atoms with E-state index in [4.69, 9.17) is 16.3 Å². The predicted octanol–water partition coefficient (Wildman–Crippen LogP) is 5.18. The van der Waals surface area contributed by atoms with Gasteiger partial charge in [-0.3, -0.25) is 4.79 Å². The van der Waals surface area contributed by atoms with Gasteiger partial charge in [0, 0.05) is 17.0 Å². The molecule has 1 saturated heterocycles. The van der Waals surface area contributed by atoms with Crippen LogP contribution in [0.2, 0.25) is 5.02 Å². The second-order valence-electron chi connectivity index (χ2n) is 8.40. The Kier molecular flexibility index (Phi) is 6.53. The molecule has 0 bridgehead atoms. The summed E-state index contributed by atoms with van der Waals surface area (Å²) in [6.45, 7) is 7.93. The Morgan fingerprint density at radius 1 is 1.12 bits per heavy atom. The lowest BCUT2D eigenvalue weighted by Gasteiger charge is -2.25. The van der Waals surface area contributed by atoms with Crippen molar-refractivity contribution in [2.45, 2.75) is 39.5 Å². The Balaban J connectivity index is 1.75. The molecule has 32 heavy (non-hydrogen) atoms. The number of ether oxygens (including phenoxy) is 1. The highest BCUT2D eigenvalue weighted by Crippen LogP contribution is 2.34.